The van der Waals surface area contributed by atoms with Crippen LogP contribution in [0.2, 0.25) is 5.02 Å². The number of nitrogens with zero attached hydrogens (tertiary/aromatic N) is 3. The highest BCUT2D eigenvalue weighted by Crippen LogP contribution is 2.21. The number of nitriles is 1. The van der Waals surface area contributed by atoms with Gasteiger partial charge in [-0.15, -0.1) is 0 Å². The molecule has 2 aromatic carbocycles. The molecule has 0 aliphatic rings. The molecule has 1 aromatic heterocycles. The van der Waals surface area contributed by atoms with Gasteiger partial charge in [-0.2, -0.15) is 10.4 Å². The van der Waals surface area contributed by atoms with Gasteiger partial charge in [0.25, 0.3) is 0 Å². The van der Waals surface area contributed by atoms with Crippen LogP contribution in [0.4, 0.5) is 0 Å². The van der Waals surface area contributed by atoms with Gasteiger partial charge in [0.15, 0.2) is 0 Å². The molecule has 120 valence electrons. The van der Waals surface area contributed by atoms with Crippen LogP contribution in [0.1, 0.15) is 22.5 Å². The molecule has 0 fully saturated rings. The van der Waals surface area contributed by atoms with E-state index in [-0.39, 0.29) is 0 Å². The molecule has 0 amide bonds. The van der Waals surface area contributed by atoms with E-state index in [0.29, 0.717) is 17.2 Å². The lowest BCUT2D eigenvalue weighted by molar-refractivity contribution is 0.304. The number of ether oxygens (including phenoxy) is 1. The monoisotopic (exact) mass is 337 g/mol. The Morgan fingerprint density at radius 1 is 1.08 bits per heavy atom. The number of rotatable bonds is 4. The third kappa shape index (κ3) is 3.27. The van der Waals surface area contributed by atoms with Crippen LogP contribution < -0.4 is 4.74 Å². The smallest absolute Gasteiger partial charge is 0.119 e. The van der Waals surface area contributed by atoms with Crippen molar-refractivity contribution in [2.45, 2.75) is 20.5 Å². The summed E-state index contributed by atoms with van der Waals surface area (Å²) in [6.45, 7) is 4.42. The molecular formula is C19H16ClN3O. The Balaban J connectivity index is 1.83. The standard InChI is InChI=1S/C19H16ClN3O/c1-13-19(12-24-18-9-5-16(20)6-10-18)14(2)23(22-13)17-7-3-15(11-21)4-8-17/h3-10H,12H2,1-2H3. The van der Waals surface area contributed by atoms with Crippen molar-refractivity contribution in [2.75, 3.05) is 0 Å². The highest BCUT2D eigenvalue weighted by Gasteiger charge is 2.13. The lowest BCUT2D eigenvalue weighted by Crippen LogP contribution is -2.01. The fourth-order valence-corrected chi connectivity index (χ4v) is 2.62. The highest BCUT2D eigenvalue weighted by atomic mass is 35.5. The summed E-state index contributed by atoms with van der Waals surface area (Å²) in [6, 6.07) is 16.8. The number of benzene rings is 2. The first-order valence-electron chi connectivity index (χ1n) is 7.52. The van der Waals surface area contributed by atoms with Gasteiger partial charge < -0.3 is 4.74 Å². The molecule has 1 heterocycles. The Hall–Kier alpha value is -2.77. The SMILES string of the molecule is Cc1nn(-c2ccc(C#N)cc2)c(C)c1COc1ccc(Cl)cc1. The summed E-state index contributed by atoms with van der Waals surface area (Å²) in [4.78, 5) is 0. The predicted octanol–water partition coefficient (Wildman–Crippen LogP) is 4.59. The second-order valence-electron chi connectivity index (χ2n) is 5.46. The lowest BCUT2D eigenvalue weighted by atomic mass is 10.2. The third-order valence-electron chi connectivity index (χ3n) is 3.88. The van der Waals surface area contributed by atoms with E-state index in [0.717, 1.165) is 28.4 Å². The molecule has 0 spiro atoms. The average molecular weight is 338 g/mol. The maximum Gasteiger partial charge on any atom is 0.119 e. The first-order valence-corrected chi connectivity index (χ1v) is 7.90. The van der Waals surface area contributed by atoms with Gasteiger partial charge in [-0.05, 0) is 62.4 Å². The van der Waals surface area contributed by atoms with E-state index in [1.807, 2.05) is 42.8 Å². The first kappa shape index (κ1) is 16.1. The Morgan fingerprint density at radius 2 is 1.75 bits per heavy atom. The number of aromatic nitrogens is 2. The highest BCUT2D eigenvalue weighted by molar-refractivity contribution is 6.30. The molecule has 0 saturated heterocycles. The topological polar surface area (TPSA) is 50.8 Å². The molecule has 0 aliphatic heterocycles. The van der Waals surface area contributed by atoms with Crippen molar-refractivity contribution in [3.63, 3.8) is 0 Å². The Morgan fingerprint density at radius 3 is 2.38 bits per heavy atom. The molecule has 0 unspecified atom stereocenters. The molecule has 5 heteroatoms. The van der Waals surface area contributed by atoms with E-state index < -0.39 is 0 Å². The van der Waals surface area contributed by atoms with E-state index in [1.165, 1.54) is 0 Å². The minimum Gasteiger partial charge on any atom is -0.489 e. The maximum absolute atomic E-state index is 8.90. The van der Waals surface area contributed by atoms with Crippen LogP contribution in [0, 0.1) is 25.2 Å². The van der Waals surface area contributed by atoms with Gasteiger partial charge in [0.05, 0.1) is 23.0 Å². The Labute approximate surface area is 145 Å². The molecule has 0 bridgehead atoms. The van der Waals surface area contributed by atoms with Crippen molar-refractivity contribution < 1.29 is 4.74 Å². The first-order chi connectivity index (χ1) is 11.6. The largest absolute Gasteiger partial charge is 0.489 e. The van der Waals surface area contributed by atoms with Crippen molar-refractivity contribution in [1.82, 2.24) is 9.78 Å². The van der Waals surface area contributed by atoms with Crippen molar-refractivity contribution in [3.8, 4) is 17.5 Å². The van der Waals surface area contributed by atoms with E-state index in [9.17, 15) is 0 Å². The number of hydrogen-bond acceptors (Lipinski definition) is 3. The second kappa shape index (κ2) is 6.77. The molecular weight excluding hydrogens is 322 g/mol. The maximum atomic E-state index is 8.90. The molecule has 4 nitrogen and oxygen atoms in total. The molecule has 0 atom stereocenters. The van der Waals surface area contributed by atoms with Crippen LogP contribution in [0.25, 0.3) is 5.69 Å². The number of aryl methyl sites for hydroxylation is 1. The number of hydrogen-bond donors (Lipinski definition) is 0. The van der Waals surface area contributed by atoms with Gasteiger partial charge in [-0.25, -0.2) is 4.68 Å². The van der Waals surface area contributed by atoms with Crippen molar-refractivity contribution >= 4 is 11.6 Å². The second-order valence-corrected chi connectivity index (χ2v) is 5.90. The average Bonchev–Trinajstić information content (AvgIpc) is 2.89. The fraction of sp³-hybridized carbons (Fsp3) is 0.158. The summed E-state index contributed by atoms with van der Waals surface area (Å²) >= 11 is 5.88. The van der Waals surface area contributed by atoms with Crippen LogP contribution in [0.5, 0.6) is 5.75 Å². The summed E-state index contributed by atoms with van der Waals surface area (Å²) in [7, 11) is 0. The summed E-state index contributed by atoms with van der Waals surface area (Å²) in [5.74, 6) is 0.768. The van der Waals surface area contributed by atoms with E-state index in [2.05, 4.69) is 11.2 Å². The normalized spacial score (nSPS) is 10.4. The molecule has 0 saturated carbocycles. The molecule has 24 heavy (non-hydrogen) atoms. The van der Waals surface area contributed by atoms with Crippen LogP contribution in [-0.2, 0) is 6.61 Å². The quantitative estimate of drug-likeness (QED) is 0.699. The molecule has 0 radical (unpaired) electrons. The summed E-state index contributed by atoms with van der Waals surface area (Å²) in [5.41, 5.74) is 4.55. The zero-order chi connectivity index (χ0) is 17.1. The molecule has 3 rings (SSSR count). The Kier molecular flexibility index (Phi) is 4.54. The van der Waals surface area contributed by atoms with Gasteiger partial charge >= 0.3 is 0 Å². The minimum atomic E-state index is 0.440. The van der Waals surface area contributed by atoms with Crippen molar-refractivity contribution in [3.05, 3.63) is 76.1 Å². The van der Waals surface area contributed by atoms with Crippen LogP contribution in [0.3, 0.4) is 0 Å². The number of halogens is 1. The van der Waals surface area contributed by atoms with Crippen molar-refractivity contribution in [2.24, 2.45) is 0 Å². The predicted molar refractivity (Wildman–Crippen MR) is 93.5 cm³/mol. The van der Waals surface area contributed by atoms with Gasteiger partial charge in [-0.1, -0.05) is 11.6 Å². The van der Waals surface area contributed by atoms with E-state index >= 15 is 0 Å². The van der Waals surface area contributed by atoms with Gasteiger partial charge in [-0.3, -0.25) is 0 Å². The van der Waals surface area contributed by atoms with Crippen molar-refractivity contribution in [1.29, 1.82) is 5.26 Å². The van der Waals surface area contributed by atoms with Gasteiger partial charge in [0.2, 0.25) is 0 Å². The minimum absolute atomic E-state index is 0.440. The van der Waals surface area contributed by atoms with E-state index in [1.54, 1.807) is 24.3 Å². The van der Waals surface area contributed by atoms with Crippen LogP contribution in [0.15, 0.2) is 48.5 Å². The molecule has 3 aromatic rings. The Bertz CT molecular complexity index is 890. The summed E-state index contributed by atoms with van der Waals surface area (Å²) < 4.78 is 7.71. The van der Waals surface area contributed by atoms with Gasteiger partial charge in [0, 0.05) is 16.3 Å². The fourth-order valence-electron chi connectivity index (χ4n) is 2.50. The van der Waals surface area contributed by atoms with Crippen LogP contribution >= 0.6 is 11.6 Å². The molecule has 0 N–H and O–H groups in total. The summed E-state index contributed by atoms with van der Waals surface area (Å²) in [6.07, 6.45) is 0. The summed E-state index contributed by atoms with van der Waals surface area (Å²) in [5, 5.41) is 14.2. The zero-order valence-electron chi connectivity index (χ0n) is 13.5. The van der Waals surface area contributed by atoms with Gasteiger partial charge in [0.1, 0.15) is 12.4 Å². The third-order valence-corrected chi connectivity index (χ3v) is 4.13. The van der Waals surface area contributed by atoms with Crippen LogP contribution in [-0.4, -0.2) is 9.78 Å². The zero-order valence-corrected chi connectivity index (χ0v) is 14.2. The molecule has 0 aliphatic carbocycles. The lowest BCUT2D eigenvalue weighted by Gasteiger charge is -2.08. The van der Waals surface area contributed by atoms with E-state index in [4.69, 9.17) is 21.6 Å².